The molecule has 24 heavy (non-hydrogen) atoms. The van der Waals surface area contributed by atoms with Crippen LogP contribution in [-0.2, 0) is 11.2 Å². The fourth-order valence-electron chi connectivity index (χ4n) is 3.05. The van der Waals surface area contributed by atoms with Crippen molar-refractivity contribution in [2.45, 2.75) is 25.3 Å². The van der Waals surface area contributed by atoms with Crippen LogP contribution in [0.5, 0.6) is 0 Å². The van der Waals surface area contributed by atoms with Crippen LogP contribution in [0.4, 0.5) is 5.69 Å². The largest absolute Gasteiger partial charge is 0.399 e. The molecular weight excluding hydrogens is 302 g/mol. The third-order valence-electron chi connectivity index (χ3n) is 4.29. The maximum atomic E-state index is 12.2. The Bertz CT molecular complexity index is 741. The minimum Gasteiger partial charge on any atom is -0.399 e. The number of carbonyl (C=O) groups excluding carboxylic acids is 2. The number of benzene rings is 2. The number of rotatable bonds is 4. The quantitative estimate of drug-likeness (QED) is 0.754. The molecule has 0 fully saturated rings. The summed E-state index contributed by atoms with van der Waals surface area (Å²) in [5, 5.41) is 5.66. The summed E-state index contributed by atoms with van der Waals surface area (Å²) in [7, 11) is 0. The van der Waals surface area contributed by atoms with Gasteiger partial charge >= 0.3 is 0 Å². The molecule has 2 aromatic carbocycles. The molecule has 0 bridgehead atoms. The molecule has 5 heteroatoms. The van der Waals surface area contributed by atoms with Gasteiger partial charge in [-0.25, -0.2) is 0 Å². The summed E-state index contributed by atoms with van der Waals surface area (Å²) in [5.74, 6) is -0.463. The summed E-state index contributed by atoms with van der Waals surface area (Å²) in [6.07, 6.45) is 3.03. The molecule has 1 aliphatic carbocycles. The van der Waals surface area contributed by atoms with Gasteiger partial charge in [-0.1, -0.05) is 24.3 Å². The number of hydrogen-bond acceptors (Lipinski definition) is 3. The number of fused-ring (bicyclic) bond motifs is 1. The van der Waals surface area contributed by atoms with Crippen LogP contribution in [-0.4, -0.2) is 18.4 Å². The fourth-order valence-corrected chi connectivity index (χ4v) is 3.05. The van der Waals surface area contributed by atoms with Crippen molar-refractivity contribution >= 4 is 17.5 Å². The van der Waals surface area contributed by atoms with E-state index in [9.17, 15) is 9.59 Å². The Morgan fingerprint density at radius 2 is 1.83 bits per heavy atom. The first kappa shape index (κ1) is 16.1. The summed E-state index contributed by atoms with van der Waals surface area (Å²) >= 11 is 0. The van der Waals surface area contributed by atoms with E-state index in [1.165, 1.54) is 11.1 Å². The Labute approximate surface area is 141 Å². The standard InChI is InChI=1S/C19H21N3O2/c20-15-10-8-14(9-11-15)19(24)21-12-18(23)22-17-7-3-5-13-4-1-2-6-16(13)17/h1-2,4,6,8-11,17H,3,5,7,12,20H2,(H,21,24)(H,22,23)/t17-/m1/s1. The Kier molecular flexibility index (Phi) is 4.79. The summed E-state index contributed by atoms with van der Waals surface area (Å²) in [6.45, 7) is -0.0398. The second kappa shape index (κ2) is 7.17. The van der Waals surface area contributed by atoms with Gasteiger partial charge in [-0.15, -0.1) is 0 Å². The maximum absolute atomic E-state index is 12.2. The number of amides is 2. The summed E-state index contributed by atoms with van der Waals surface area (Å²) < 4.78 is 0. The summed E-state index contributed by atoms with van der Waals surface area (Å²) in [4.78, 5) is 24.2. The van der Waals surface area contributed by atoms with Crippen molar-refractivity contribution in [2.24, 2.45) is 0 Å². The highest BCUT2D eigenvalue weighted by atomic mass is 16.2. The van der Waals surface area contributed by atoms with Gasteiger partial charge in [0.05, 0.1) is 12.6 Å². The molecule has 0 unspecified atom stereocenters. The second-order valence-corrected chi connectivity index (χ2v) is 6.02. The summed E-state index contributed by atoms with van der Waals surface area (Å²) in [5.41, 5.74) is 9.15. The molecule has 0 spiro atoms. The van der Waals surface area contributed by atoms with E-state index >= 15 is 0 Å². The Morgan fingerprint density at radius 3 is 2.62 bits per heavy atom. The van der Waals surface area contributed by atoms with Crippen LogP contribution in [0.1, 0.15) is 40.4 Å². The van der Waals surface area contributed by atoms with Gasteiger partial charge in [-0.2, -0.15) is 0 Å². The van der Waals surface area contributed by atoms with Gasteiger partial charge in [0.15, 0.2) is 0 Å². The van der Waals surface area contributed by atoms with Crippen LogP contribution in [0.2, 0.25) is 0 Å². The van der Waals surface area contributed by atoms with Crippen molar-refractivity contribution in [1.29, 1.82) is 0 Å². The lowest BCUT2D eigenvalue weighted by atomic mass is 9.88. The van der Waals surface area contributed by atoms with Gasteiger partial charge in [0.25, 0.3) is 5.91 Å². The minimum atomic E-state index is -0.283. The summed E-state index contributed by atoms with van der Waals surface area (Å²) in [6, 6.07) is 14.8. The SMILES string of the molecule is Nc1ccc(C(=O)NCC(=O)N[C@@H]2CCCc3ccccc32)cc1. The smallest absolute Gasteiger partial charge is 0.251 e. The highest BCUT2D eigenvalue weighted by Crippen LogP contribution is 2.29. The van der Waals surface area contributed by atoms with Crippen molar-refractivity contribution in [3.05, 3.63) is 65.2 Å². The highest BCUT2D eigenvalue weighted by Gasteiger charge is 2.21. The lowest BCUT2D eigenvalue weighted by Crippen LogP contribution is -2.39. The second-order valence-electron chi connectivity index (χ2n) is 6.02. The zero-order valence-electron chi connectivity index (χ0n) is 13.4. The van der Waals surface area contributed by atoms with Crippen molar-refractivity contribution in [1.82, 2.24) is 10.6 Å². The van der Waals surface area contributed by atoms with E-state index in [4.69, 9.17) is 5.73 Å². The van der Waals surface area contributed by atoms with Crippen LogP contribution in [0, 0.1) is 0 Å². The number of nitrogens with one attached hydrogen (secondary N) is 2. The lowest BCUT2D eigenvalue weighted by Gasteiger charge is -2.26. The third kappa shape index (κ3) is 3.74. The lowest BCUT2D eigenvalue weighted by molar-refractivity contribution is -0.121. The van der Waals surface area contributed by atoms with Gasteiger partial charge in [0.1, 0.15) is 0 Å². The Balaban J connectivity index is 1.55. The number of nitrogen functional groups attached to an aromatic ring is 1. The zero-order valence-corrected chi connectivity index (χ0v) is 13.4. The number of aryl methyl sites for hydroxylation is 1. The van der Waals surface area contributed by atoms with Crippen molar-refractivity contribution in [3.63, 3.8) is 0 Å². The van der Waals surface area contributed by atoms with E-state index in [1.807, 2.05) is 12.1 Å². The first-order valence-electron chi connectivity index (χ1n) is 8.14. The van der Waals surface area contributed by atoms with Gasteiger partial charge in [-0.3, -0.25) is 9.59 Å². The van der Waals surface area contributed by atoms with Gasteiger partial charge < -0.3 is 16.4 Å². The first-order chi connectivity index (χ1) is 11.6. The van der Waals surface area contributed by atoms with Crippen molar-refractivity contribution < 1.29 is 9.59 Å². The molecule has 0 aliphatic heterocycles. The van der Waals surface area contributed by atoms with E-state index < -0.39 is 0 Å². The van der Waals surface area contributed by atoms with Crippen molar-refractivity contribution in [3.8, 4) is 0 Å². The molecule has 0 heterocycles. The van der Waals surface area contributed by atoms with Crippen molar-refractivity contribution in [2.75, 3.05) is 12.3 Å². The molecule has 124 valence electrons. The van der Waals surface area contributed by atoms with Crippen LogP contribution in [0.15, 0.2) is 48.5 Å². The number of anilines is 1. The molecule has 3 rings (SSSR count). The number of nitrogens with two attached hydrogens (primary N) is 1. The molecule has 2 amide bonds. The Morgan fingerprint density at radius 1 is 1.08 bits per heavy atom. The van der Waals surface area contributed by atoms with Crippen LogP contribution in [0.25, 0.3) is 0 Å². The van der Waals surface area contributed by atoms with Crippen LogP contribution >= 0.6 is 0 Å². The molecule has 5 nitrogen and oxygen atoms in total. The number of hydrogen-bond donors (Lipinski definition) is 3. The van der Waals surface area contributed by atoms with Gasteiger partial charge in [0, 0.05) is 11.3 Å². The van der Waals surface area contributed by atoms with Crippen LogP contribution in [0.3, 0.4) is 0 Å². The topological polar surface area (TPSA) is 84.2 Å². The average molecular weight is 323 g/mol. The monoisotopic (exact) mass is 323 g/mol. The molecule has 2 aromatic rings. The maximum Gasteiger partial charge on any atom is 0.251 e. The fraction of sp³-hybridized carbons (Fsp3) is 0.263. The molecule has 0 aromatic heterocycles. The van der Waals surface area contributed by atoms with E-state index in [2.05, 4.69) is 22.8 Å². The predicted octanol–water partition coefficient (Wildman–Crippen LogP) is 2.19. The highest BCUT2D eigenvalue weighted by molar-refractivity contribution is 5.96. The van der Waals surface area contributed by atoms with E-state index in [-0.39, 0.29) is 24.4 Å². The minimum absolute atomic E-state index is 0.0240. The molecule has 0 saturated carbocycles. The predicted molar refractivity (Wildman–Crippen MR) is 93.5 cm³/mol. The van der Waals surface area contributed by atoms with Gasteiger partial charge in [-0.05, 0) is 54.7 Å². The third-order valence-corrected chi connectivity index (χ3v) is 4.29. The molecule has 0 saturated heterocycles. The van der Waals surface area contributed by atoms with E-state index in [0.717, 1.165) is 19.3 Å². The first-order valence-corrected chi connectivity index (χ1v) is 8.14. The molecule has 1 atom stereocenters. The average Bonchev–Trinajstić information content (AvgIpc) is 2.61. The van der Waals surface area contributed by atoms with Crippen LogP contribution < -0.4 is 16.4 Å². The molecule has 1 aliphatic rings. The van der Waals surface area contributed by atoms with Gasteiger partial charge in [0.2, 0.25) is 5.91 Å². The molecule has 4 N–H and O–H groups in total. The normalized spacial score (nSPS) is 16.1. The molecule has 0 radical (unpaired) electrons. The van der Waals surface area contributed by atoms with E-state index in [0.29, 0.717) is 11.3 Å². The number of carbonyl (C=O) groups is 2. The molecular formula is C19H21N3O2. The zero-order chi connectivity index (χ0) is 16.9. The van der Waals surface area contributed by atoms with E-state index in [1.54, 1.807) is 24.3 Å². The Hall–Kier alpha value is -2.82.